The molecule has 1 aromatic carbocycles. The molecule has 2 aliphatic carbocycles. The van der Waals surface area contributed by atoms with Gasteiger partial charge in [0.05, 0.1) is 24.2 Å². The number of hydrogen-bond acceptors (Lipinski definition) is 11. The molecule has 0 spiro atoms. The normalized spacial score (nSPS) is 22.5. The number of nitrogens with zero attached hydrogens (tertiary/aromatic N) is 2. The number of benzene rings is 1. The van der Waals surface area contributed by atoms with E-state index in [-0.39, 0.29) is 31.0 Å². The fraction of sp³-hybridized carbons (Fsp3) is 0.692. The Balaban J connectivity index is 1.19. The number of carbonyl (C=O) groups excluding carboxylic acids is 2. The van der Waals surface area contributed by atoms with Crippen LogP contribution in [0.15, 0.2) is 44.9 Å². The van der Waals surface area contributed by atoms with Crippen LogP contribution in [0.1, 0.15) is 94.4 Å². The van der Waals surface area contributed by atoms with Crippen molar-refractivity contribution in [2.24, 2.45) is 0 Å². The third-order valence-corrected chi connectivity index (χ3v) is 12.6. The second-order valence-corrected chi connectivity index (χ2v) is 16.9. The fourth-order valence-corrected chi connectivity index (χ4v) is 8.90. The van der Waals surface area contributed by atoms with Crippen molar-refractivity contribution >= 4 is 21.8 Å². The SMILES string of the molecule is COC1(OC[C@H]2O[C@@H](n3cc(C)c(=O)n(CCCNC(=O)CNC(=O)C(CF)NS(=O)(=O)c4ccc(C)cc4)c3=O)C[C@@H]2OC2(OC)CCCCC2)CCCCC1. The lowest BCUT2D eigenvalue weighted by Crippen LogP contribution is -2.50. The van der Waals surface area contributed by atoms with Crippen molar-refractivity contribution in [3.63, 3.8) is 0 Å². The summed E-state index contributed by atoms with van der Waals surface area (Å²) in [4.78, 5) is 52.0. The topological polar surface area (TPSA) is 195 Å². The summed E-state index contributed by atoms with van der Waals surface area (Å²) in [5.74, 6) is -3.14. The van der Waals surface area contributed by atoms with Gasteiger partial charge in [-0.25, -0.2) is 17.6 Å². The molecule has 1 unspecified atom stereocenters. The second-order valence-electron chi connectivity index (χ2n) is 15.2. The molecule has 57 heavy (non-hydrogen) atoms. The molecule has 3 aliphatic rings. The van der Waals surface area contributed by atoms with Crippen molar-refractivity contribution in [3.8, 4) is 0 Å². The molecule has 18 heteroatoms. The Morgan fingerprint density at radius 1 is 0.947 bits per heavy atom. The largest absolute Gasteiger partial charge is 0.355 e. The van der Waals surface area contributed by atoms with Gasteiger partial charge in [0.15, 0.2) is 11.6 Å². The smallest absolute Gasteiger partial charge is 0.333 e. The van der Waals surface area contributed by atoms with Crippen molar-refractivity contribution in [2.45, 2.75) is 138 Å². The Kier molecular flexibility index (Phi) is 15.6. The number of sulfonamides is 1. The first-order valence-corrected chi connectivity index (χ1v) is 21.3. The number of nitrogens with one attached hydrogen (secondary N) is 3. The predicted octanol–water partition coefficient (Wildman–Crippen LogP) is 2.87. The van der Waals surface area contributed by atoms with E-state index >= 15 is 0 Å². The van der Waals surface area contributed by atoms with Gasteiger partial charge in [0.1, 0.15) is 25.0 Å². The van der Waals surface area contributed by atoms with Crippen molar-refractivity contribution in [1.82, 2.24) is 24.5 Å². The Bertz CT molecular complexity index is 1890. The molecule has 2 heterocycles. The van der Waals surface area contributed by atoms with E-state index < -0.39 is 82.4 Å². The van der Waals surface area contributed by atoms with Gasteiger partial charge in [-0.2, -0.15) is 4.72 Å². The van der Waals surface area contributed by atoms with E-state index in [1.54, 1.807) is 40.2 Å². The van der Waals surface area contributed by atoms with Crippen LogP contribution in [0.3, 0.4) is 0 Å². The zero-order valence-corrected chi connectivity index (χ0v) is 34.2. The third-order valence-electron chi connectivity index (χ3n) is 11.1. The monoisotopic (exact) mass is 823 g/mol. The van der Waals surface area contributed by atoms with E-state index in [2.05, 4.69) is 10.6 Å². The quantitative estimate of drug-likeness (QED) is 0.139. The highest BCUT2D eigenvalue weighted by atomic mass is 32.2. The number of ether oxygens (including phenoxy) is 5. The molecule has 2 amide bonds. The summed E-state index contributed by atoms with van der Waals surface area (Å²) in [5.41, 5.74) is 0.0793. The Labute approximate surface area is 333 Å². The van der Waals surface area contributed by atoms with Crippen molar-refractivity contribution in [1.29, 1.82) is 0 Å². The number of carbonyl (C=O) groups is 2. The van der Waals surface area contributed by atoms with Gasteiger partial charge < -0.3 is 34.3 Å². The molecule has 5 rings (SSSR count). The number of hydrogen-bond donors (Lipinski definition) is 3. The Hall–Kier alpha value is -3.52. The Morgan fingerprint density at radius 2 is 1.58 bits per heavy atom. The first kappa shape index (κ1) is 44.6. The number of amides is 2. The lowest BCUT2D eigenvalue weighted by molar-refractivity contribution is -0.282. The lowest BCUT2D eigenvalue weighted by Gasteiger charge is -2.40. The fourth-order valence-electron chi connectivity index (χ4n) is 7.72. The van der Waals surface area contributed by atoms with Gasteiger partial charge >= 0.3 is 5.69 Å². The van der Waals surface area contributed by atoms with Crippen LogP contribution < -0.4 is 26.6 Å². The number of aryl methyl sites for hydroxylation is 2. The van der Waals surface area contributed by atoms with Crippen LogP contribution in [-0.4, -0.2) is 99.8 Å². The van der Waals surface area contributed by atoms with Gasteiger partial charge in [0.25, 0.3) is 5.56 Å². The number of methoxy groups -OCH3 is 2. The van der Waals surface area contributed by atoms with Crippen LogP contribution >= 0.6 is 0 Å². The van der Waals surface area contributed by atoms with Crippen molar-refractivity contribution in [2.75, 3.05) is 40.6 Å². The minimum absolute atomic E-state index is 0.0287. The number of aromatic nitrogens is 2. The maximum Gasteiger partial charge on any atom is 0.333 e. The molecule has 0 bridgehead atoms. The summed E-state index contributed by atoms with van der Waals surface area (Å²) >= 11 is 0. The zero-order chi connectivity index (χ0) is 41.2. The number of alkyl halides is 1. The average molecular weight is 824 g/mol. The van der Waals surface area contributed by atoms with Gasteiger partial charge in [-0.1, -0.05) is 30.5 Å². The molecule has 3 N–H and O–H groups in total. The van der Waals surface area contributed by atoms with Crippen LogP contribution in [0.2, 0.25) is 0 Å². The molecule has 2 saturated carbocycles. The highest BCUT2D eigenvalue weighted by Gasteiger charge is 2.46. The first-order valence-electron chi connectivity index (χ1n) is 19.8. The molecule has 0 radical (unpaired) electrons. The summed E-state index contributed by atoms with van der Waals surface area (Å²) in [5, 5.41) is 4.83. The van der Waals surface area contributed by atoms with Crippen LogP contribution in [0.25, 0.3) is 0 Å². The molecule has 1 saturated heterocycles. The van der Waals surface area contributed by atoms with E-state index in [1.165, 1.54) is 22.9 Å². The maximum absolute atomic E-state index is 13.9. The molecule has 1 aromatic heterocycles. The summed E-state index contributed by atoms with van der Waals surface area (Å²) < 4.78 is 74.9. The zero-order valence-electron chi connectivity index (χ0n) is 33.4. The third kappa shape index (κ3) is 11.4. The standard InChI is InChI=1S/C39H58FN5O11S/c1-27-12-14-29(15-13-27)57(50,51)43-30(23-40)35(47)42-24-33(46)41-20-11-21-44-36(48)28(2)25-45(37(44)49)34-22-31(56-39(53-4)18-9-6-10-19-39)32(55-34)26-54-38(52-3)16-7-5-8-17-38/h12-15,25,30-32,34,43H,5-11,16-24,26H2,1-4H3,(H,41,46)(H,42,47)/t30?,31-,32+,34+/m0/s1. The highest BCUT2D eigenvalue weighted by Crippen LogP contribution is 2.40. The second kappa shape index (κ2) is 20.0. The number of rotatable bonds is 19. The average Bonchev–Trinajstić information content (AvgIpc) is 3.61. The van der Waals surface area contributed by atoms with E-state index in [9.17, 15) is 32.0 Å². The molecular formula is C39H58FN5O11S. The Morgan fingerprint density at radius 3 is 2.19 bits per heavy atom. The van der Waals surface area contributed by atoms with Gasteiger partial charge in [-0.05, 0) is 58.1 Å². The van der Waals surface area contributed by atoms with E-state index in [4.69, 9.17) is 23.7 Å². The molecule has 4 atom stereocenters. The minimum Gasteiger partial charge on any atom is -0.355 e. The summed E-state index contributed by atoms with van der Waals surface area (Å²) in [6.07, 6.45) is 9.36. The maximum atomic E-state index is 13.9. The first-order chi connectivity index (χ1) is 27.2. The van der Waals surface area contributed by atoms with Crippen LogP contribution in [0.5, 0.6) is 0 Å². The molecule has 3 fully saturated rings. The van der Waals surface area contributed by atoms with Crippen LogP contribution in [-0.2, 0) is 49.8 Å². The van der Waals surface area contributed by atoms with Gasteiger partial charge in [-0.3, -0.25) is 23.5 Å². The van der Waals surface area contributed by atoms with Gasteiger partial charge in [-0.15, -0.1) is 0 Å². The van der Waals surface area contributed by atoms with Gasteiger partial charge in [0.2, 0.25) is 21.8 Å². The van der Waals surface area contributed by atoms with E-state index in [0.29, 0.717) is 12.0 Å². The molecule has 318 valence electrons. The van der Waals surface area contributed by atoms with Crippen LogP contribution in [0.4, 0.5) is 4.39 Å². The van der Waals surface area contributed by atoms with E-state index in [1.807, 2.05) is 4.72 Å². The molecule has 1 aliphatic heterocycles. The highest BCUT2D eigenvalue weighted by molar-refractivity contribution is 7.89. The predicted molar refractivity (Wildman–Crippen MR) is 207 cm³/mol. The number of halogens is 1. The van der Waals surface area contributed by atoms with Crippen molar-refractivity contribution in [3.05, 3.63) is 62.4 Å². The summed E-state index contributed by atoms with van der Waals surface area (Å²) in [6.45, 7) is 1.69. The molecular weight excluding hydrogens is 766 g/mol. The van der Waals surface area contributed by atoms with Crippen molar-refractivity contribution < 1.29 is 46.1 Å². The minimum atomic E-state index is -4.20. The lowest BCUT2D eigenvalue weighted by atomic mass is 9.93. The van der Waals surface area contributed by atoms with E-state index in [0.717, 1.165) is 74.3 Å². The van der Waals surface area contributed by atoms with Crippen LogP contribution in [0, 0.1) is 13.8 Å². The summed E-state index contributed by atoms with van der Waals surface area (Å²) in [7, 11) is -0.893. The molecule has 16 nitrogen and oxygen atoms in total. The van der Waals surface area contributed by atoms with Gasteiger partial charge in [0, 0.05) is 71.2 Å². The summed E-state index contributed by atoms with van der Waals surface area (Å²) in [6, 6.07) is 4.06. The molecule has 2 aromatic rings.